The summed E-state index contributed by atoms with van der Waals surface area (Å²) in [6, 6.07) is 13.8. The number of carbonyl (C=O) groups excluding carboxylic acids is 1. The molecule has 1 heterocycles. The van der Waals surface area contributed by atoms with E-state index in [9.17, 15) is 4.79 Å². The molecule has 3 aromatic rings. The standard InChI is InChI=1S/C19H18N2O/c1-12-10-13(2)19-17(11-12)18(8-9-20-19)21-16-6-4-15(5-7-16)14(3)22/h4-11H,1-3H3,(H,20,21). The first-order chi connectivity index (χ1) is 10.5. The van der Waals surface area contributed by atoms with Crippen LogP contribution in [0, 0.1) is 13.8 Å². The number of aromatic nitrogens is 1. The Morgan fingerprint density at radius 1 is 1.05 bits per heavy atom. The van der Waals surface area contributed by atoms with E-state index in [-0.39, 0.29) is 5.78 Å². The maximum absolute atomic E-state index is 11.3. The van der Waals surface area contributed by atoms with Crippen LogP contribution in [-0.4, -0.2) is 10.8 Å². The number of Topliss-reactive ketones (excluding diaryl/α,β-unsaturated/α-hetero) is 1. The average Bonchev–Trinajstić information content (AvgIpc) is 2.48. The lowest BCUT2D eigenvalue weighted by molar-refractivity contribution is 0.101. The quantitative estimate of drug-likeness (QED) is 0.705. The van der Waals surface area contributed by atoms with Gasteiger partial charge in [-0.3, -0.25) is 9.78 Å². The summed E-state index contributed by atoms with van der Waals surface area (Å²) in [7, 11) is 0. The second kappa shape index (κ2) is 5.60. The first kappa shape index (κ1) is 14.3. The number of aryl methyl sites for hydroxylation is 2. The van der Waals surface area contributed by atoms with Crippen LogP contribution in [0.15, 0.2) is 48.7 Å². The molecular formula is C19H18N2O. The number of carbonyl (C=O) groups is 1. The highest BCUT2D eigenvalue weighted by atomic mass is 16.1. The topological polar surface area (TPSA) is 42.0 Å². The van der Waals surface area contributed by atoms with E-state index in [1.54, 1.807) is 6.92 Å². The van der Waals surface area contributed by atoms with Crippen molar-refractivity contribution in [3.63, 3.8) is 0 Å². The van der Waals surface area contributed by atoms with Crippen LogP contribution in [0.25, 0.3) is 10.9 Å². The van der Waals surface area contributed by atoms with Gasteiger partial charge in [-0.25, -0.2) is 0 Å². The highest BCUT2D eigenvalue weighted by molar-refractivity contribution is 5.96. The van der Waals surface area contributed by atoms with Crippen molar-refractivity contribution in [2.45, 2.75) is 20.8 Å². The zero-order chi connectivity index (χ0) is 15.7. The predicted molar refractivity (Wildman–Crippen MR) is 90.9 cm³/mol. The molecule has 22 heavy (non-hydrogen) atoms. The SMILES string of the molecule is CC(=O)c1ccc(Nc2ccnc3c(C)cc(C)cc23)cc1. The maximum atomic E-state index is 11.3. The number of nitrogens with zero attached hydrogens (tertiary/aromatic N) is 1. The summed E-state index contributed by atoms with van der Waals surface area (Å²) >= 11 is 0. The molecule has 0 aliphatic rings. The van der Waals surface area contributed by atoms with Gasteiger partial charge >= 0.3 is 0 Å². The van der Waals surface area contributed by atoms with E-state index < -0.39 is 0 Å². The molecular weight excluding hydrogens is 272 g/mol. The van der Waals surface area contributed by atoms with Crippen molar-refractivity contribution in [3.05, 3.63) is 65.4 Å². The predicted octanol–water partition coefficient (Wildman–Crippen LogP) is 4.80. The molecule has 3 nitrogen and oxygen atoms in total. The number of hydrogen-bond donors (Lipinski definition) is 1. The summed E-state index contributed by atoms with van der Waals surface area (Å²) < 4.78 is 0. The molecule has 1 N–H and O–H groups in total. The van der Waals surface area contributed by atoms with E-state index >= 15 is 0 Å². The van der Waals surface area contributed by atoms with Crippen molar-refractivity contribution in [2.75, 3.05) is 5.32 Å². The largest absolute Gasteiger partial charge is 0.355 e. The molecule has 0 radical (unpaired) electrons. The van der Waals surface area contributed by atoms with Gasteiger partial charge in [-0.2, -0.15) is 0 Å². The van der Waals surface area contributed by atoms with Gasteiger partial charge in [-0.15, -0.1) is 0 Å². The van der Waals surface area contributed by atoms with Gasteiger partial charge < -0.3 is 5.32 Å². The third-order valence-corrected chi connectivity index (χ3v) is 3.75. The minimum Gasteiger partial charge on any atom is -0.355 e. The molecule has 1 aromatic heterocycles. The summed E-state index contributed by atoms with van der Waals surface area (Å²) in [5.41, 5.74) is 6.09. The lowest BCUT2D eigenvalue weighted by Gasteiger charge is -2.12. The van der Waals surface area contributed by atoms with Crippen LogP contribution in [0.4, 0.5) is 11.4 Å². The number of fused-ring (bicyclic) bond motifs is 1. The molecule has 0 bridgehead atoms. The van der Waals surface area contributed by atoms with Crippen LogP contribution >= 0.6 is 0 Å². The first-order valence-corrected chi connectivity index (χ1v) is 7.28. The minimum absolute atomic E-state index is 0.0761. The molecule has 2 aromatic carbocycles. The van der Waals surface area contributed by atoms with E-state index in [4.69, 9.17) is 0 Å². The second-order valence-electron chi connectivity index (χ2n) is 5.60. The summed E-state index contributed by atoms with van der Waals surface area (Å²) in [6.07, 6.45) is 1.82. The maximum Gasteiger partial charge on any atom is 0.159 e. The Morgan fingerprint density at radius 2 is 1.77 bits per heavy atom. The van der Waals surface area contributed by atoms with E-state index in [0.29, 0.717) is 0 Å². The summed E-state index contributed by atoms with van der Waals surface area (Å²) in [5.74, 6) is 0.0761. The molecule has 3 rings (SSSR count). The number of hydrogen-bond acceptors (Lipinski definition) is 3. The summed E-state index contributed by atoms with van der Waals surface area (Å²) in [4.78, 5) is 15.8. The molecule has 0 saturated carbocycles. The molecule has 0 fully saturated rings. The molecule has 0 aliphatic heterocycles. The Hall–Kier alpha value is -2.68. The molecule has 0 atom stereocenters. The van der Waals surface area contributed by atoms with Crippen molar-refractivity contribution >= 4 is 28.1 Å². The Kier molecular flexibility index (Phi) is 3.63. The smallest absolute Gasteiger partial charge is 0.159 e. The Bertz CT molecular complexity index is 851. The lowest BCUT2D eigenvalue weighted by atomic mass is 10.1. The van der Waals surface area contributed by atoms with Crippen LogP contribution in [0.5, 0.6) is 0 Å². The zero-order valence-corrected chi connectivity index (χ0v) is 13.0. The third-order valence-electron chi connectivity index (χ3n) is 3.75. The van der Waals surface area contributed by atoms with Crippen LogP contribution in [0.2, 0.25) is 0 Å². The lowest BCUT2D eigenvalue weighted by Crippen LogP contribution is -1.96. The second-order valence-corrected chi connectivity index (χ2v) is 5.60. The van der Waals surface area contributed by atoms with Crippen molar-refractivity contribution in [1.29, 1.82) is 0 Å². The summed E-state index contributed by atoms with van der Waals surface area (Å²) in [5, 5.41) is 4.52. The van der Waals surface area contributed by atoms with Crippen LogP contribution in [0.1, 0.15) is 28.4 Å². The molecule has 3 heteroatoms. The van der Waals surface area contributed by atoms with Crippen molar-refractivity contribution in [1.82, 2.24) is 4.98 Å². The number of ketones is 1. The number of anilines is 2. The number of nitrogens with one attached hydrogen (secondary N) is 1. The van der Waals surface area contributed by atoms with Crippen molar-refractivity contribution < 1.29 is 4.79 Å². The van der Waals surface area contributed by atoms with Gasteiger partial charge in [0.25, 0.3) is 0 Å². The molecule has 110 valence electrons. The van der Waals surface area contributed by atoms with Crippen molar-refractivity contribution in [2.24, 2.45) is 0 Å². The van der Waals surface area contributed by atoms with Gasteiger partial charge in [-0.05, 0) is 62.7 Å². The molecule has 0 amide bonds. The molecule has 0 aliphatic carbocycles. The van der Waals surface area contributed by atoms with Crippen LogP contribution in [-0.2, 0) is 0 Å². The normalized spacial score (nSPS) is 10.7. The average molecular weight is 290 g/mol. The van der Waals surface area contributed by atoms with Gasteiger partial charge in [0.1, 0.15) is 0 Å². The number of benzene rings is 2. The van der Waals surface area contributed by atoms with E-state index in [0.717, 1.165) is 27.8 Å². The first-order valence-electron chi connectivity index (χ1n) is 7.28. The minimum atomic E-state index is 0.0761. The van der Waals surface area contributed by atoms with E-state index in [1.165, 1.54) is 11.1 Å². The van der Waals surface area contributed by atoms with Gasteiger partial charge in [0.15, 0.2) is 5.78 Å². The molecule has 0 unspecified atom stereocenters. The molecule has 0 saturated heterocycles. The Morgan fingerprint density at radius 3 is 2.45 bits per heavy atom. The fraction of sp³-hybridized carbons (Fsp3) is 0.158. The van der Waals surface area contributed by atoms with Gasteiger partial charge in [0, 0.05) is 28.5 Å². The highest BCUT2D eigenvalue weighted by Crippen LogP contribution is 2.28. The Balaban J connectivity index is 2.02. The van der Waals surface area contributed by atoms with Crippen LogP contribution in [0.3, 0.4) is 0 Å². The monoisotopic (exact) mass is 290 g/mol. The van der Waals surface area contributed by atoms with E-state index in [2.05, 4.69) is 36.3 Å². The number of pyridine rings is 1. The fourth-order valence-electron chi connectivity index (χ4n) is 2.67. The zero-order valence-electron chi connectivity index (χ0n) is 13.0. The fourth-order valence-corrected chi connectivity index (χ4v) is 2.67. The van der Waals surface area contributed by atoms with Gasteiger partial charge in [0.05, 0.1) is 5.52 Å². The van der Waals surface area contributed by atoms with E-state index in [1.807, 2.05) is 36.5 Å². The summed E-state index contributed by atoms with van der Waals surface area (Å²) in [6.45, 7) is 5.74. The Labute approximate surface area is 130 Å². The number of rotatable bonds is 3. The van der Waals surface area contributed by atoms with Crippen molar-refractivity contribution in [3.8, 4) is 0 Å². The van der Waals surface area contributed by atoms with Gasteiger partial charge in [-0.1, -0.05) is 11.6 Å². The third kappa shape index (κ3) is 2.70. The highest BCUT2D eigenvalue weighted by Gasteiger charge is 2.06. The molecule has 0 spiro atoms. The van der Waals surface area contributed by atoms with Crippen LogP contribution < -0.4 is 5.32 Å². The van der Waals surface area contributed by atoms with Gasteiger partial charge in [0.2, 0.25) is 0 Å².